The second kappa shape index (κ2) is 9.58. The van der Waals surface area contributed by atoms with Crippen molar-refractivity contribution in [1.82, 2.24) is 18.7 Å². The largest absolute Gasteiger partial charge is 0.465 e. The first kappa shape index (κ1) is 23.7. The maximum Gasteiger partial charge on any atom is 0.337 e. The quantitative estimate of drug-likeness (QED) is 0.387. The van der Waals surface area contributed by atoms with Crippen LogP contribution in [-0.4, -0.2) is 44.5 Å². The smallest absolute Gasteiger partial charge is 0.337 e. The summed E-state index contributed by atoms with van der Waals surface area (Å²) >= 11 is 0. The minimum absolute atomic E-state index is 0.179. The molecule has 3 heterocycles. The zero-order valence-electron chi connectivity index (χ0n) is 20.6. The number of aromatic nitrogens is 4. The highest BCUT2D eigenvalue weighted by Crippen LogP contribution is 2.22. The monoisotopic (exact) mass is 488 g/mol. The number of ether oxygens (including phenoxy) is 2. The lowest BCUT2D eigenvalue weighted by atomic mass is 10.1. The molecular weight excluding hydrogens is 460 g/mol. The standard InChI is InChI=1S/C27H28N4O5/c1-17-6-4-7-18(2)22(17)31-24-23(25(32)30(27(31)34)15-21-8-5-13-36-21)29(16-28-24)14-19-9-11-20(12-10-19)26(33)35-3/h4,6-7,9-12,16,21H,5,8,13-15H2,1-3H3/t21-/m0/s1. The van der Waals surface area contributed by atoms with Crippen LogP contribution in [0.4, 0.5) is 0 Å². The number of imidazole rings is 1. The van der Waals surface area contributed by atoms with Crippen molar-refractivity contribution in [3.63, 3.8) is 0 Å². The van der Waals surface area contributed by atoms with Crippen molar-refractivity contribution in [1.29, 1.82) is 0 Å². The van der Waals surface area contributed by atoms with Gasteiger partial charge in [0, 0.05) is 13.2 Å². The van der Waals surface area contributed by atoms with Gasteiger partial charge in [0.05, 0.1) is 37.3 Å². The Morgan fingerprint density at radius 2 is 1.83 bits per heavy atom. The summed E-state index contributed by atoms with van der Waals surface area (Å²) in [4.78, 5) is 43.8. The van der Waals surface area contributed by atoms with Crippen LogP contribution < -0.4 is 11.2 Å². The van der Waals surface area contributed by atoms with Crippen LogP contribution in [-0.2, 0) is 22.6 Å². The molecule has 9 nitrogen and oxygen atoms in total. The first-order valence-corrected chi connectivity index (χ1v) is 11.9. The SMILES string of the molecule is COC(=O)c1ccc(Cn2cnc3c2c(=O)n(C[C@@H]2CCCO2)c(=O)n3-c2c(C)cccc2C)cc1. The summed E-state index contributed by atoms with van der Waals surface area (Å²) in [6.45, 7) is 5.05. The molecule has 0 saturated carbocycles. The van der Waals surface area contributed by atoms with Crippen molar-refractivity contribution in [3.05, 3.63) is 91.9 Å². The lowest BCUT2D eigenvalue weighted by Gasteiger charge is -2.17. The van der Waals surface area contributed by atoms with Crippen molar-refractivity contribution < 1.29 is 14.3 Å². The van der Waals surface area contributed by atoms with Crippen molar-refractivity contribution in [2.45, 2.75) is 45.9 Å². The van der Waals surface area contributed by atoms with Crippen LogP contribution in [0.3, 0.4) is 0 Å². The summed E-state index contributed by atoms with van der Waals surface area (Å²) < 4.78 is 15.1. The van der Waals surface area contributed by atoms with Gasteiger partial charge in [-0.2, -0.15) is 0 Å². The number of carbonyl (C=O) groups is 1. The Hall–Kier alpha value is -3.98. The van der Waals surface area contributed by atoms with Gasteiger partial charge in [-0.3, -0.25) is 9.36 Å². The fourth-order valence-electron chi connectivity index (χ4n) is 4.87. The second-order valence-electron chi connectivity index (χ2n) is 9.14. The highest BCUT2D eigenvalue weighted by atomic mass is 16.5. The number of carbonyl (C=O) groups excluding carboxylic acids is 1. The van der Waals surface area contributed by atoms with Crippen LogP contribution >= 0.6 is 0 Å². The summed E-state index contributed by atoms with van der Waals surface area (Å²) in [5.74, 6) is -0.413. The van der Waals surface area contributed by atoms with E-state index in [1.54, 1.807) is 27.6 Å². The maximum atomic E-state index is 13.8. The zero-order chi connectivity index (χ0) is 25.4. The van der Waals surface area contributed by atoms with Crippen LogP contribution in [0.5, 0.6) is 0 Å². The topological polar surface area (TPSA) is 97.4 Å². The van der Waals surface area contributed by atoms with E-state index in [9.17, 15) is 14.4 Å². The van der Waals surface area contributed by atoms with Gasteiger partial charge in [0.1, 0.15) is 0 Å². The molecule has 1 aliphatic rings. The predicted molar refractivity (Wildman–Crippen MR) is 135 cm³/mol. The fraction of sp³-hybridized carbons (Fsp3) is 0.333. The molecule has 5 rings (SSSR count). The number of para-hydroxylation sites is 1. The Bertz CT molecular complexity index is 1540. The molecule has 186 valence electrons. The number of fused-ring (bicyclic) bond motifs is 1. The number of rotatable bonds is 6. The predicted octanol–water partition coefficient (Wildman–Crippen LogP) is 2.98. The molecule has 0 radical (unpaired) electrons. The number of hydrogen-bond donors (Lipinski definition) is 0. The van der Waals surface area contributed by atoms with Crippen molar-refractivity contribution in [3.8, 4) is 5.69 Å². The van der Waals surface area contributed by atoms with E-state index in [0.29, 0.717) is 29.9 Å². The van der Waals surface area contributed by atoms with Crippen LogP contribution in [0.1, 0.15) is 39.9 Å². The number of nitrogens with zero attached hydrogens (tertiary/aromatic N) is 4. The maximum absolute atomic E-state index is 13.8. The summed E-state index contributed by atoms with van der Waals surface area (Å²) in [6, 6.07) is 12.8. The van der Waals surface area contributed by atoms with Crippen LogP contribution in [0.25, 0.3) is 16.9 Å². The Morgan fingerprint density at radius 3 is 2.47 bits per heavy atom. The average Bonchev–Trinajstić information content (AvgIpc) is 3.54. The highest BCUT2D eigenvalue weighted by Gasteiger charge is 2.24. The average molecular weight is 489 g/mol. The van der Waals surface area contributed by atoms with Crippen molar-refractivity contribution in [2.75, 3.05) is 13.7 Å². The fourth-order valence-corrected chi connectivity index (χ4v) is 4.87. The number of methoxy groups -OCH3 is 1. The number of esters is 1. The third-order valence-electron chi connectivity index (χ3n) is 6.70. The normalized spacial score (nSPS) is 15.5. The molecule has 9 heteroatoms. The van der Waals surface area contributed by atoms with Gasteiger partial charge in [0.25, 0.3) is 5.56 Å². The molecule has 1 saturated heterocycles. The molecule has 0 spiro atoms. The highest BCUT2D eigenvalue weighted by molar-refractivity contribution is 5.89. The van der Waals surface area contributed by atoms with Crippen molar-refractivity contribution in [2.24, 2.45) is 0 Å². The molecule has 2 aromatic heterocycles. The minimum Gasteiger partial charge on any atom is -0.465 e. The van der Waals surface area contributed by atoms with Gasteiger partial charge >= 0.3 is 11.7 Å². The second-order valence-corrected chi connectivity index (χ2v) is 9.14. The van der Waals surface area contributed by atoms with E-state index in [1.165, 1.54) is 11.7 Å². The summed E-state index contributed by atoms with van der Waals surface area (Å²) in [5, 5.41) is 0. The van der Waals surface area contributed by atoms with Gasteiger partial charge in [-0.15, -0.1) is 0 Å². The third-order valence-corrected chi connectivity index (χ3v) is 6.70. The minimum atomic E-state index is -0.423. The first-order chi connectivity index (χ1) is 17.4. The van der Waals surface area contributed by atoms with E-state index in [1.807, 2.05) is 44.2 Å². The summed E-state index contributed by atoms with van der Waals surface area (Å²) in [5.41, 5.74) is 3.70. The van der Waals surface area contributed by atoms with Gasteiger partial charge < -0.3 is 14.0 Å². The Morgan fingerprint density at radius 1 is 1.11 bits per heavy atom. The van der Waals surface area contributed by atoms with E-state index in [0.717, 1.165) is 35.2 Å². The van der Waals surface area contributed by atoms with Crippen LogP contribution in [0.15, 0.2) is 58.4 Å². The zero-order valence-corrected chi connectivity index (χ0v) is 20.6. The molecule has 0 N–H and O–H groups in total. The molecule has 0 bridgehead atoms. The molecular formula is C27H28N4O5. The Kier molecular flexibility index (Phi) is 6.32. The van der Waals surface area contributed by atoms with Crippen molar-refractivity contribution >= 4 is 17.1 Å². The van der Waals surface area contributed by atoms with Gasteiger partial charge in [-0.25, -0.2) is 19.1 Å². The number of hydrogen-bond acceptors (Lipinski definition) is 6. The molecule has 0 unspecified atom stereocenters. The molecule has 1 atom stereocenters. The van der Waals surface area contributed by atoms with Crippen LogP contribution in [0.2, 0.25) is 0 Å². The van der Waals surface area contributed by atoms with E-state index in [-0.39, 0.29) is 12.6 Å². The van der Waals surface area contributed by atoms with Gasteiger partial charge in [-0.05, 0) is 55.5 Å². The lowest BCUT2D eigenvalue weighted by Crippen LogP contribution is -2.42. The summed E-state index contributed by atoms with van der Waals surface area (Å²) in [6.07, 6.45) is 3.12. The number of aryl methyl sites for hydroxylation is 2. The number of benzene rings is 2. The van der Waals surface area contributed by atoms with E-state index in [2.05, 4.69) is 4.98 Å². The molecule has 4 aromatic rings. The van der Waals surface area contributed by atoms with Gasteiger partial charge in [-0.1, -0.05) is 30.3 Å². The molecule has 36 heavy (non-hydrogen) atoms. The first-order valence-electron chi connectivity index (χ1n) is 11.9. The molecule has 0 aliphatic carbocycles. The summed E-state index contributed by atoms with van der Waals surface area (Å²) in [7, 11) is 1.34. The van der Waals surface area contributed by atoms with Gasteiger partial charge in [0.2, 0.25) is 0 Å². The molecule has 2 aromatic carbocycles. The Balaban J connectivity index is 1.69. The molecule has 1 fully saturated rings. The Labute approximate surface area is 207 Å². The van der Waals surface area contributed by atoms with E-state index in [4.69, 9.17) is 9.47 Å². The third kappa shape index (κ3) is 4.15. The van der Waals surface area contributed by atoms with E-state index < -0.39 is 17.2 Å². The molecule has 0 amide bonds. The van der Waals surface area contributed by atoms with Crippen LogP contribution in [0, 0.1) is 13.8 Å². The molecule has 1 aliphatic heterocycles. The lowest BCUT2D eigenvalue weighted by molar-refractivity contribution is 0.0600. The van der Waals surface area contributed by atoms with Gasteiger partial charge in [0.15, 0.2) is 11.2 Å². The van der Waals surface area contributed by atoms with E-state index >= 15 is 0 Å².